The molecule has 0 amide bonds. The zero-order valence-corrected chi connectivity index (χ0v) is 10.2. The summed E-state index contributed by atoms with van der Waals surface area (Å²) in [6.07, 6.45) is -4.45. The van der Waals surface area contributed by atoms with Crippen molar-refractivity contribution in [3.05, 3.63) is 35.4 Å². The van der Waals surface area contributed by atoms with Crippen LogP contribution >= 0.6 is 0 Å². The minimum atomic E-state index is -4.49. The van der Waals surface area contributed by atoms with Crippen molar-refractivity contribution in [1.82, 2.24) is 0 Å². The molecule has 1 fully saturated rings. The van der Waals surface area contributed by atoms with Crippen LogP contribution in [0.4, 0.5) is 13.2 Å². The highest BCUT2D eigenvalue weighted by Crippen LogP contribution is 2.38. The zero-order chi connectivity index (χ0) is 14.0. The molecule has 1 aromatic carbocycles. The molecule has 0 N–H and O–H groups in total. The summed E-state index contributed by atoms with van der Waals surface area (Å²) in [5.74, 6) is -1.62. The third kappa shape index (κ3) is 3.26. The summed E-state index contributed by atoms with van der Waals surface area (Å²) in [5.41, 5.74) is -0.858. The summed E-state index contributed by atoms with van der Waals surface area (Å²) in [6.45, 7) is 0.474. The molecule has 0 spiro atoms. The first-order valence-corrected chi connectivity index (χ1v) is 5.79. The summed E-state index contributed by atoms with van der Waals surface area (Å²) >= 11 is 0. The molecule has 0 radical (unpaired) electrons. The highest BCUT2D eigenvalue weighted by atomic mass is 19.4. The van der Waals surface area contributed by atoms with E-state index in [9.17, 15) is 18.0 Å². The molecule has 1 aliphatic rings. The molecule has 0 aromatic heterocycles. The lowest BCUT2D eigenvalue weighted by atomic mass is 9.90. The fourth-order valence-corrected chi connectivity index (χ4v) is 2.02. The maximum absolute atomic E-state index is 12.9. The van der Waals surface area contributed by atoms with Gasteiger partial charge in [-0.05, 0) is 18.1 Å². The van der Waals surface area contributed by atoms with Gasteiger partial charge in [0, 0.05) is 0 Å². The van der Waals surface area contributed by atoms with Gasteiger partial charge in [0.1, 0.15) is 0 Å². The van der Waals surface area contributed by atoms with E-state index in [-0.39, 0.29) is 18.1 Å². The number of carbonyl (C=O) groups is 1. The standard InChI is InChI=1S/C13H13F3O3/c1-18-12(17)10(6-8-7-19-8)9-4-2-3-5-11(9)13(14,15)16/h2-5,8,10H,6-7H2,1H3. The molecule has 6 heteroatoms. The topological polar surface area (TPSA) is 38.8 Å². The Morgan fingerprint density at radius 1 is 1.47 bits per heavy atom. The van der Waals surface area contributed by atoms with Gasteiger partial charge in [-0.1, -0.05) is 18.2 Å². The van der Waals surface area contributed by atoms with E-state index in [0.29, 0.717) is 6.61 Å². The third-order valence-electron chi connectivity index (χ3n) is 3.03. The van der Waals surface area contributed by atoms with Crippen LogP contribution in [0, 0.1) is 0 Å². The summed E-state index contributed by atoms with van der Waals surface area (Å²) in [6, 6.07) is 5.06. The minimum absolute atomic E-state index is 0.0580. The molecule has 19 heavy (non-hydrogen) atoms. The van der Waals surface area contributed by atoms with Crippen molar-refractivity contribution in [1.29, 1.82) is 0 Å². The number of alkyl halides is 3. The molecule has 1 saturated heterocycles. The minimum Gasteiger partial charge on any atom is -0.469 e. The molecule has 2 unspecified atom stereocenters. The van der Waals surface area contributed by atoms with E-state index in [1.165, 1.54) is 25.3 Å². The van der Waals surface area contributed by atoms with E-state index in [0.717, 1.165) is 6.07 Å². The van der Waals surface area contributed by atoms with Gasteiger partial charge in [0.15, 0.2) is 0 Å². The van der Waals surface area contributed by atoms with Gasteiger partial charge < -0.3 is 9.47 Å². The number of halogens is 3. The number of benzene rings is 1. The first-order valence-electron chi connectivity index (χ1n) is 5.79. The molecule has 1 heterocycles. The van der Waals surface area contributed by atoms with Gasteiger partial charge in [0.2, 0.25) is 0 Å². The second-order valence-corrected chi connectivity index (χ2v) is 4.35. The smallest absolute Gasteiger partial charge is 0.416 e. The van der Waals surface area contributed by atoms with E-state index >= 15 is 0 Å². The van der Waals surface area contributed by atoms with E-state index in [1.807, 2.05) is 0 Å². The van der Waals surface area contributed by atoms with Gasteiger partial charge in [-0.3, -0.25) is 4.79 Å². The number of ether oxygens (including phenoxy) is 2. The monoisotopic (exact) mass is 274 g/mol. The number of epoxide rings is 1. The van der Waals surface area contributed by atoms with E-state index in [4.69, 9.17) is 4.74 Å². The van der Waals surface area contributed by atoms with Crippen molar-refractivity contribution in [2.24, 2.45) is 0 Å². The largest absolute Gasteiger partial charge is 0.469 e. The summed E-state index contributed by atoms with van der Waals surface area (Å²) < 4.78 is 48.4. The molecule has 0 bridgehead atoms. The number of rotatable bonds is 4. The van der Waals surface area contributed by atoms with Crippen LogP contribution in [-0.4, -0.2) is 25.8 Å². The van der Waals surface area contributed by atoms with Gasteiger partial charge in [0.05, 0.1) is 31.3 Å². The van der Waals surface area contributed by atoms with Gasteiger partial charge in [0.25, 0.3) is 0 Å². The Morgan fingerprint density at radius 2 is 2.11 bits per heavy atom. The average molecular weight is 274 g/mol. The Kier molecular flexibility index (Phi) is 3.80. The van der Waals surface area contributed by atoms with Crippen LogP contribution in [0.15, 0.2) is 24.3 Å². The molecular formula is C13H13F3O3. The van der Waals surface area contributed by atoms with Gasteiger partial charge in [-0.2, -0.15) is 13.2 Å². The van der Waals surface area contributed by atoms with Gasteiger partial charge in [-0.15, -0.1) is 0 Å². The molecule has 0 aliphatic carbocycles. The quantitative estimate of drug-likeness (QED) is 0.626. The fourth-order valence-electron chi connectivity index (χ4n) is 2.02. The number of carbonyl (C=O) groups excluding carboxylic acids is 1. The Hall–Kier alpha value is -1.56. The van der Waals surface area contributed by atoms with Crippen molar-refractivity contribution >= 4 is 5.97 Å². The number of hydrogen-bond donors (Lipinski definition) is 0. The SMILES string of the molecule is COC(=O)C(CC1CO1)c1ccccc1C(F)(F)F. The highest BCUT2D eigenvalue weighted by molar-refractivity contribution is 5.78. The van der Waals surface area contributed by atoms with Crippen LogP contribution < -0.4 is 0 Å². The highest BCUT2D eigenvalue weighted by Gasteiger charge is 2.39. The summed E-state index contributed by atoms with van der Waals surface area (Å²) in [4.78, 5) is 11.7. The Balaban J connectivity index is 2.37. The normalized spacial score (nSPS) is 19.9. The van der Waals surface area contributed by atoms with Crippen molar-refractivity contribution in [3.63, 3.8) is 0 Å². The second-order valence-electron chi connectivity index (χ2n) is 4.35. The lowest BCUT2D eigenvalue weighted by molar-refractivity contribution is -0.144. The predicted molar refractivity (Wildman–Crippen MR) is 60.6 cm³/mol. The van der Waals surface area contributed by atoms with E-state index in [2.05, 4.69) is 4.74 Å². The van der Waals surface area contributed by atoms with Crippen LogP contribution in [0.5, 0.6) is 0 Å². The van der Waals surface area contributed by atoms with E-state index in [1.54, 1.807) is 0 Å². The molecule has 2 rings (SSSR count). The van der Waals surface area contributed by atoms with Crippen LogP contribution in [0.2, 0.25) is 0 Å². The first kappa shape index (κ1) is 13.9. The number of hydrogen-bond acceptors (Lipinski definition) is 3. The molecule has 0 saturated carbocycles. The lowest BCUT2D eigenvalue weighted by Gasteiger charge is -2.19. The molecule has 104 valence electrons. The Morgan fingerprint density at radius 3 is 2.63 bits per heavy atom. The van der Waals surface area contributed by atoms with Crippen LogP contribution in [-0.2, 0) is 20.4 Å². The lowest BCUT2D eigenvalue weighted by Crippen LogP contribution is -2.20. The molecule has 1 aromatic rings. The van der Waals surface area contributed by atoms with Crippen molar-refractivity contribution in [3.8, 4) is 0 Å². The number of esters is 1. The zero-order valence-electron chi connectivity index (χ0n) is 10.2. The van der Waals surface area contributed by atoms with Crippen molar-refractivity contribution in [2.75, 3.05) is 13.7 Å². The average Bonchev–Trinajstić information content (AvgIpc) is 3.18. The van der Waals surface area contributed by atoms with Crippen LogP contribution in [0.25, 0.3) is 0 Å². The third-order valence-corrected chi connectivity index (χ3v) is 3.03. The van der Waals surface area contributed by atoms with Crippen LogP contribution in [0.3, 0.4) is 0 Å². The molecule has 3 nitrogen and oxygen atoms in total. The summed E-state index contributed by atoms with van der Waals surface area (Å²) in [5, 5.41) is 0. The van der Waals surface area contributed by atoms with Crippen molar-refractivity contribution < 1.29 is 27.4 Å². The molecule has 1 aliphatic heterocycles. The van der Waals surface area contributed by atoms with Gasteiger partial charge >= 0.3 is 12.1 Å². The maximum Gasteiger partial charge on any atom is 0.416 e. The molecule has 2 atom stereocenters. The Bertz CT molecular complexity index is 466. The second kappa shape index (κ2) is 5.21. The first-order chi connectivity index (χ1) is 8.93. The van der Waals surface area contributed by atoms with Gasteiger partial charge in [-0.25, -0.2) is 0 Å². The Labute approximate surface area is 108 Å². The molecular weight excluding hydrogens is 261 g/mol. The fraction of sp³-hybridized carbons (Fsp3) is 0.462. The van der Waals surface area contributed by atoms with E-state index < -0.39 is 23.6 Å². The maximum atomic E-state index is 12.9. The van der Waals surface area contributed by atoms with Crippen molar-refractivity contribution in [2.45, 2.75) is 24.6 Å². The number of methoxy groups -OCH3 is 1. The van der Waals surface area contributed by atoms with Crippen LogP contribution in [0.1, 0.15) is 23.5 Å². The summed E-state index contributed by atoms with van der Waals surface area (Å²) in [7, 11) is 1.17. The predicted octanol–water partition coefficient (Wildman–Crippen LogP) is 2.75.